The molecule has 3 rings (SSSR count). The summed E-state index contributed by atoms with van der Waals surface area (Å²) < 4.78 is 26.2. The highest BCUT2D eigenvalue weighted by molar-refractivity contribution is 7.89. The fourth-order valence-electron chi connectivity index (χ4n) is 2.54. The summed E-state index contributed by atoms with van der Waals surface area (Å²) in [6, 6.07) is 16.0. The Morgan fingerprint density at radius 2 is 1.65 bits per heavy atom. The summed E-state index contributed by atoms with van der Waals surface area (Å²) in [5.74, 6) is -0.436. The van der Waals surface area contributed by atoms with Gasteiger partial charge >= 0.3 is 0 Å². The summed E-state index contributed by atoms with van der Waals surface area (Å²) >= 11 is 0. The molecule has 118 valence electrons. The van der Waals surface area contributed by atoms with Crippen molar-refractivity contribution in [1.29, 1.82) is 0 Å². The summed E-state index contributed by atoms with van der Waals surface area (Å²) in [7, 11) is -3.79. The highest BCUT2D eigenvalue weighted by Crippen LogP contribution is 2.26. The van der Waals surface area contributed by atoms with Gasteiger partial charge in [-0.15, -0.1) is 0 Å². The highest BCUT2D eigenvalue weighted by atomic mass is 32.2. The number of carbonyl (C=O) groups is 1. The number of benzene rings is 2. The maximum absolute atomic E-state index is 12.6. The molecule has 1 heterocycles. The fraction of sp³-hybridized carbons (Fsp3) is 0.167. The van der Waals surface area contributed by atoms with Crippen molar-refractivity contribution in [2.75, 3.05) is 6.54 Å². The Kier molecular flexibility index (Phi) is 4.05. The minimum absolute atomic E-state index is 0.150. The molecular formula is C18H17NO3S. The van der Waals surface area contributed by atoms with Crippen LogP contribution in [0.2, 0.25) is 0 Å². The average molecular weight is 327 g/mol. The number of nitrogens with zero attached hydrogens (tertiary/aromatic N) is 1. The van der Waals surface area contributed by atoms with Gasteiger partial charge in [-0.1, -0.05) is 48.0 Å². The number of amides is 1. The Balaban J connectivity index is 1.89. The van der Waals surface area contributed by atoms with E-state index in [4.69, 9.17) is 0 Å². The van der Waals surface area contributed by atoms with Crippen LogP contribution in [-0.2, 0) is 14.8 Å². The lowest BCUT2D eigenvalue weighted by molar-refractivity contribution is -0.120. The van der Waals surface area contributed by atoms with Crippen LogP contribution in [0.4, 0.5) is 0 Å². The molecule has 0 atom stereocenters. The highest BCUT2D eigenvalue weighted by Gasteiger charge is 2.35. The molecule has 0 N–H and O–H groups in total. The molecule has 1 amide bonds. The standard InChI is InChI=1S/C18H17NO3S/c1-14-7-9-17(10-8-14)23(21,22)19-12-11-16(18(19)20)13-15-5-3-2-4-6-15/h2-10,13H,11-12H2,1H3/b16-13-. The Morgan fingerprint density at radius 3 is 2.30 bits per heavy atom. The number of carbonyl (C=O) groups excluding carboxylic acids is 1. The fourth-order valence-corrected chi connectivity index (χ4v) is 3.94. The number of hydrogen-bond donors (Lipinski definition) is 0. The van der Waals surface area contributed by atoms with E-state index in [0.717, 1.165) is 15.4 Å². The van der Waals surface area contributed by atoms with Crippen molar-refractivity contribution in [3.05, 3.63) is 71.3 Å². The zero-order valence-electron chi connectivity index (χ0n) is 12.8. The molecule has 0 spiro atoms. The lowest BCUT2D eigenvalue weighted by Gasteiger charge is -2.15. The van der Waals surface area contributed by atoms with Crippen molar-refractivity contribution >= 4 is 22.0 Å². The van der Waals surface area contributed by atoms with Crippen molar-refractivity contribution in [3.8, 4) is 0 Å². The molecule has 2 aromatic carbocycles. The third kappa shape index (κ3) is 3.05. The van der Waals surface area contributed by atoms with Crippen LogP contribution in [-0.4, -0.2) is 25.2 Å². The number of sulfonamides is 1. The minimum Gasteiger partial charge on any atom is -0.268 e. The van der Waals surface area contributed by atoms with Crippen LogP contribution >= 0.6 is 0 Å². The van der Waals surface area contributed by atoms with E-state index in [1.807, 2.05) is 37.3 Å². The van der Waals surface area contributed by atoms with Gasteiger partial charge in [-0.2, -0.15) is 0 Å². The second-order valence-corrected chi connectivity index (χ2v) is 7.39. The molecule has 0 radical (unpaired) electrons. The van der Waals surface area contributed by atoms with Crippen LogP contribution in [0.3, 0.4) is 0 Å². The predicted molar refractivity (Wildman–Crippen MR) is 89.1 cm³/mol. The van der Waals surface area contributed by atoms with E-state index in [1.165, 1.54) is 12.1 Å². The van der Waals surface area contributed by atoms with E-state index in [2.05, 4.69) is 0 Å². The first-order valence-corrected chi connectivity index (χ1v) is 8.82. The second-order valence-electron chi connectivity index (χ2n) is 5.53. The van der Waals surface area contributed by atoms with Gasteiger partial charge in [0.1, 0.15) is 0 Å². The predicted octanol–water partition coefficient (Wildman–Crippen LogP) is 3.00. The molecule has 0 aliphatic carbocycles. The third-order valence-electron chi connectivity index (χ3n) is 3.83. The number of aryl methyl sites for hydroxylation is 1. The van der Waals surface area contributed by atoms with E-state index in [-0.39, 0.29) is 11.4 Å². The molecule has 0 aromatic heterocycles. The molecule has 1 aliphatic heterocycles. The smallest absolute Gasteiger partial charge is 0.266 e. The molecule has 4 nitrogen and oxygen atoms in total. The van der Waals surface area contributed by atoms with Crippen molar-refractivity contribution in [2.45, 2.75) is 18.2 Å². The number of hydrogen-bond acceptors (Lipinski definition) is 3. The summed E-state index contributed by atoms with van der Waals surface area (Å²) in [5, 5.41) is 0. The van der Waals surface area contributed by atoms with Gasteiger partial charge in [0.2, 0.25) is 0 Å². The topological polar surface area (TPSA) is 54.5 Å². The van der Waals surface area contributed by atoms with Crippen LogP contribution < -0.4 is 0 Å². The van der Waals surface area contributed by atoms with E-state index in [0.29, 0.717) is 12.0 Å². The zero-order valence-corrected chi connectivity index (χ0v) is 13.6. The van der Waals surface area contributed by atoms with Crippen molar-refractivity contribution < 1.29 is 13.2 Å². The van der Waals surface area contributed by atoms with Crippen LogP contribution in [0.15, 0.2) is 65.1 Å². The summed E-state index contributed by atoms with van der Waals surface area (Å²) in [4.78, 5) is 12.6. The van der Waals surface area contributed by atoms with Crippen molar-refractivity contribution in [2.24, 2.45) is 0 Å². The molecule has 1 fully saturated rings. The molecule has 1 saturated heterocycles. The van der Waals surface area contributed by atoms with Crippen LogP contribution in [0, 0.1) is 6.92 Å². The molecule has 23 heavy (non-hydrogen) atoms. The van der Waals surface area contributed by atoms with Crippen LogP contribution in [0.5, 0.6) is 0 Å². The molecule has 0 unspecified atom stereocenters. The normalized spacial score (nSPS) is 17.0. The summed E-state index contributed by atoms with van der Waals surface area (Å²) in [6.45, 7) is 2.08. The zero-order chi connectivity index (χ0) is 16.4. The van der Waals surface area contributed by atoms with Gasteiger partial charge < -0.3 is 0 Å². The minimum atomic E-state index is -3.79. The van der Waals surface area contributed by atoms with Gasteiger partial charge in [-0.25, -0.2) is 12.7 Å². The lowest BCUT2D eigenvalue weighted by atomic mass is 10.1. The van der Waals surface area contributed by atoms with Crippen molar-refractivity contribution in [3.63, 3.8) is 0 Å². The Hall–Kier alpha value is -2.40. The first-order valence-electron chi connectivity index (χ1n) is 7.38. The monoisotopic (exact) mass is 327 g/mol. The molecule has 2 aromatic rings. The Morgan fingerprint density at radius 1 is 1.00 bits per heavy atom. The van der Waals surface area contributed by atoms with Gasteiger partial charge in [0.15, 0.2) is 0 Å². The number of rotatable bonds is 3. The van der Waals surface area contributed by atoms with E-state index in [9.17, 15) is 13.2 Å². The molecule has 0 bridgehead atoms. The maximum atomic E-state index is 12.6. The molecule has 0 saturated carbocycles. The summed E-state index contributed by atoms with van der Waals surface area (Å²) in [5.41, 5.74) is 2.39. The molecular weight excluding hydrogens is 310 g/mol. The molecule has 1 aliphatic rings. The SMILES string of the molecule is Cc1ccc(S(=O)(=O)N2CC/C(=C/c3ccccc3)C2=O)cc1. The third-order valence-corrected chi connectivity index (χ3v) is 5.63. The largest absolute Gasteiger partial charge is 0.268 e. The van der Waals surface area contributed by atoms with E-state index < -0.39 is 15.9 Å². The Bertz CT molecular complexity index is 853. The van der Waals surface area contributed by atoms with E-state index >= 15 is 0 Å². The second kappa shape index (κ2) is 6.01. The maximum Gasteiger partial charge on any atom is 0.266 e. The lowest BCUT2D eigenvalue weighted by Crippen LogP contribution is -2.32. The van der Waals surface area contributed by atoms with Crippen molar-refractivity contribution in [1.82, 2.24) is 4.31 Å². The quantitative estimate of drug-likeness (QED) is 0.814. The average Bonchev–Trinajstić information content (AvgIpc) is 2.90. The Labute approximate surface area is 136 Å². The van der Waals surface area contributed by atoms with Gasteiger partial charge in [0, 0.05) is 12.1 Å². The summed E-state index contributed by atoms with van der Waals surface area (Å²) in [6.07, 6.45) is 2.19. The first kappa shape index (κ1) is 15.5. The molecule has 5 heteroatoms. The van der Waals surface area contributed by atoms with Gasteiger partial charge in [0.25, 0.3) is 15.9 Å². The first-order chi connectivity index (χ1) is 11.0. The van der Waals surface area contributed by atoms with E-state index in [1.54, 1.807) is 18.2 Å². The van der Waals surface area contributed by atoms with Gasteiger partial charge in [0.05, 0.1) is 4.90 Å². The van der Waals surface area contributed by atoms with Crippen LogP contribution in [0.1, 0.15) is 17.5 Å². The van der Waals surface area contributed by atoms with Crippen LogP contribution in [0.25, 0.3) is 6.08 Å². The van der Waals surface area contributed by atoms with Gasteiger partial charge in [-0.05, 0) is 37.1 Å². The van der Waals surface area contributed by atoms with Gasteiger partial charge in [-0.3, -0.25) is 4.79 Å².